The molecule has 0 fully saturated rings. The third-order valence-corrected chi connectivity index (χ3v) is 4.99. The molecule has 138 valence electrons. The molecule has 1 heterocycles. The van der Waals surface area contributed by atoms with Crippen molar-refractivity contribution in [3.63, 3.8) is 0 Å². The summed E-state index contributed by atoms with van der Waals surface area (Å²) in [6.07, 6.45) is 1.75. The number of hydrogen-bond acceptors (Lipinski definition) is 2. The van der Waals surface area contributed by atoms with Gasteiger partial charge < -0.3 is 4.74 Å². The summed E-state index contributed by atoms with van der Waals surface area (Å²) in [5.74, 6) is 0.362. The van der Waals surface area contributed by atoms with Crippen LogP contribution in [0.1, 0.15) is 10.4 Å². The molecule has 0 spiro atoms. The van der Waals surface area contributed by atoms with Crippen LogP contribution in [0.4, 0.5) is 0 Å². The number of rotatable bonds is 4. The Kier molecular flexibility index (Phi) is 5.00. The van der Waals surface area contributed by atoms with Gasteiger partial charge >= 0.3 is 0 Å². The van der Waals surface area contributed by atoms with Crippen molar-refractivity contribution >= 4 is 17.5 Å². The van der Waals surface area contributed by atoms with E-state index in [-0.39, 0.29) is 5.91 Å². The SMILES string of the molecule is COc1cccc(-c2ccccc2)c1C(=O)n1cccc1-c1ccccc1Cl. The van der Waals surface area contributed by atoms with Gasteiger partial charge in [-0.25, -0.2) is 0 Å². The summed E-state index contributed by atoms with van der Waals surface area (Å²) in [5.41, 5.74) is 3.83. The van der Waals surface area contributed by atoms with Gasteiger partial charge in [0.2, 0.25) is 0 Å². The van der Waals surface area contributed by atoms with Crippen LogP contribution in [0.25, 0.3) is 22.4 Å². The van der Waals surface area contributed by atoms with Crippen LogP contribution < -0.4 is 4.74 Å². The lowest BCUT2D eigenvalue weighted by Gasteiger charge is -2.16. The molecule has 0 aliphatic rings. The lowest BCUT2D eigenvalue weighted by Crippen LogP contribution is -2.15. The molecule has 0 amide bonds. The third-order valence-electron chi connectivity index (χ3n) is 4.66. The first-order valence-corrected chi connectivity index (χ1v) is 9.28. The van der Waals surface area contributed by atoms with Gasteiger partial charge in [-0.3, -0.25) is 9.36 Å². The molecule has 0 saturated heterocycles. The maximum atomic E-state index is 13.6. The van der Waals surface area contributed by atoms with E-state index in [1.54, 1.807) is 23.9 Å². The van der Waals surface area contributed by atoms with Gasteiger partial charge in [-0.2, -0.15) is 0 Å². The van der Waals surface area contributed by atoms with E-state index >= 15 is 0 Å². The molecule has 28 heavy (non-hydrogen) atoms. The summed E-state index contributed by atoms with van der Waals surface area (Å²) in [5, 5.41) is 0.596. The van der Waals surface area contributed by atoms with Crippen molar-refractivity contribution in [2.75, 3.05) is 7.11 Å². The number of nitrogens with zero attached hydrogens (tertiary/aromatic N) is 1. The number of carbonyl (C=O) groups excluding carboxylic acids is 1. The zero-order valence-corrected chi connectivity index (χ0v) is 16.1. The zero-order chi connectivity index (χ0) is 19.5. The molecule has 0 bridgehead atoms. The van der Waals surface area contributed by atoms with Gasteiger partial charge in [-0.05, 0) is 35.4 Å². The minimum Gasteiger partial charge on any atom is -0.496 e. The Labute approximate surface area is 168 Å². The minimum absolute atomic E-state index is 0.170. The second-order valence-electron chi connectivity index (χ2n) is 6.30. The molecule has 3 nitrogen and oxygen atoms in total. The van der Waals surface area contributed by atoms with Crippen LogP contribution in [0.5, 0.6) is 5.75 Å². The van der Waals surface area contributed by atoms with Crippen LogP contribution in [-0.2, 0) is 0 Å². The Morgan fingerprint density at radius 3 is 2.29 bits per heavy atom. The second-order valence-corrected chi connectivity index (χ2v) is 6.70. The normalized spacial score (nSPS) is 10.6. The molecule has 0 aliphatic heterocycles. The van der Waals surface area contributed by atoms with Crippen LogP contribution >= 0.6 is 11.6 Å². The lowest BCUT2D eigenvalue weighted by atomic mass is 9.98. The molecule has 0 aliphatic carbocycles. The largest absolute Gasteiger partial charge is 0.496 e. The number of halogens is 1. The number of ether oxygens (including phenoxy) is 1. The average Bonchev–Trinajstić information content (AvgIpc) is 3.23. The first kappa shape index (κ1) is 18.1. The number of benzene rings is 3. The summed E-state index contributed by atoms with van der Waals surface area (Å²) >= 11 is 6.37. The summed E-state index contributed by atoms with van der Waals surface area (Å²) in [4.78, 5) is 13.6. The summed E-state index contributed by atoms with van der Waals surface area (Å²) in [7, 11) is 1.57. The first-order valence-electron chi connectivity index (χ1n) is 8.90. The molecule has 0 atom stereocenters. The van der Waals surface area contributed by atoms with Gasteiger partial charge in [0.05, 0.1) is 18.4 Å². The number of methoxy groups -OCH3 is 1. The zero-order valence-electron chi connectivity index (χ0n) is 15.3. The monoisotopic (exact) mass is 387 g/mol. The molecule has 0 N–H and O–H groups in total. The summed E-state index contributed by atoms with van der Waals surface area (Å²) in [6, 6.07) is 26.7. The number of aromatic nitrogens is 1. The predicted octanol–water partition coefficient (Wildman–Crippen LogP) is 6.17. The van der Waals surface area contributed by atoms with Gasteiger partial charge in [0.1, 0.15) is 5.75 Å². The Balaban J connectivity index is 1.89. The van der Waals surface area contributed by atoms with Crippen LogP contribution in [0.3, 0.4) is 0 Å². The average molecular weight is 388 g/mol. The van der Waals surface area contributed by atoms with Gasteiger partial charge in [-0.1, -0.05) is 72.3 Å². The maximum absolute atomic E-state index is 13.6. The quantitative estimate of drug-likeness (QED) is 0.419. The molecule has 0 unspecified atom stereocenters. The smallest absolute Gasteiger partial charge is 0.266 e. The van der Waals surface area contributed by atoms with E-state index in [9.17, 15) is 4.79 Å². The molecule has 1 aromatic heterocycles. The Hall–Kier alpha value is -3.30. The van der Waals surface area contributed by atoms with E-state index in [1.165, 1.54) is 0 Å². The van der Waals surface area contributed by atoms with Gasteiger partial charge in [-0.15, -0.1) is 0 Å². The minimum atomic E-state index is -0.170. The van der Waals surface area contributed by atoms with Crippen molar-refractivity contribution in [1.29, 1.82) is 0 Å². The lowest BCUT2D eigenvalue weighted by molar-refractivity contribution is 0.0960. The molecule has 3 aromatic carbocycles. The van der Waals surface area contributed by atoms with E-state index in [0.29, 0.717) is 16.3 Å². The Bertz CT molecular complexity index is 1130. The van der Waals surface area contributed by atoms with Crippen LogP contribution in [0, 0.1) is 0 Å². The first-order chi connectivity index (χ1) is 13.7. The van der Waals surface area contributed by atoms with E-state index in [2.05, 4.69) is 0 Å². The van der Waals surface area contributed by atoms with E-state index in [1.807, 2.05) is 78.9 Å². The highest BCUT2D eigenvalue weighted by atomic mass is 35.5. The fraction of sp³-hybridized carbons (Fsp3) is 0.0417. The number of carbonyl (C=O) groups is 1. The maximum Gasteiger partial charge on any atom is 0.266 e. The molecule has 4 aromatic rings. The molecular weight excluding hydrogens is 370 g/mol. The van der Waals surface area contributed by atoms with Crippen molar-refractivity contribution in [2.24, 2.45) is 0 Å². The Morgan fingerprint density at radius 1 is 0.821 bits per heavy atom. The highest BCUT2D eigenvalue weighted by Crippen LogP contribution is 2.34. The van der Waals surface area contributed by atoms with Crippen molar-refractivity contribution in [3.8, 4) is 28.1 Å². The second kappa shape index (κ2) is 7.75. The molecular formula is C24H18ClNO2. The van der Waals surface area contributed by atoms with Crippen molar-refractivity contribution < 1.29 is 9.53 Å². The van der Waals surface area contributed by atoms with E-state index < -0.39 is 0 Å². The van der Waals surface area contributed by atoms with Gasteiger partial charge in [0.25, 0.3) is 5.91 Å². The fourth-order valence-electron chi connectivity index (χ4n) is 3.35. The van der Waals surface area contributed by atoms with Gasteiger partial charge in [0, 0.05) is 16.8 Å². The standard InChI is InChI=1S/C24H18ClNO2/c1-28-22-15-7-12-18(17-9-3-2-4-10-17)23(22)24(27)26-16-8-14-21(26)19-11-5-6-13-20(19)25/h2-16H,1H3. The highest BCUT2D eigenvalue weighted by molar-refractivity contribution is 6.33. The highest BCUT2D eigenvalue weighted by Gasteiger charge is 2.22. The summed E-state index contributed by atoms with van der Waals surface area (Å²) < 4.78 is 7.15. The van der Waals surface area contributed by atoms with Crippen molar-refractivity contribution in [3.05, 3.63) is 102 Å². The number of hydrogen-bond donors (Lipinski definition) is 0. The summed E-state index contributed by atoms with van der Waals surface area (Å²) in [6.45, 7) is 0. The Morgan fingerprint density at radius 2 is 1.54 bits per heavy atom. The third kappa shape index (κ3) is 3.21. The molecule has 0 saturated carbocycles. The molecule has 0 radical (unpaired) electrons. The van der Waals surface area contributed by atoms with Crippen molar-refractivity contribution in [1.82, 2.24) is 4.57 Å². The topological polar surface area (TPSA) is 31.2 Å². The van der Waals surface area contributed by atoms with Crippen LogP contribution in [-0.4, -0.2) is 17.6 Å². The van der Waals surface area contributed by atoms with Crippen LogP contribution in [0.15, 0.2) is 91.1 Å². The van der Waals surface area contributed by atoms with Crippen LogP contribution in [0.2, 0.25) is 5.02 Å². The fourth-order valence-corrected chi connectivity index (χ4v) is 3.58. The van der Waals surface area contributed by atoms with E-state index in [4.69, 9.17) is 16.3 Å². The molecule has 4 heteroatoms. The van der Waals surface area contributed by atoms with E-state index in [0.717, 1.165) is 22.4 Å². The van der Waals surface area contributed by atoms with Gasteiger partial charge in [0.15, 0.2) is 0 Å². The molecule has 4 rings (SSSR count). The van der Waals surface area contributed by atoms with Crippen molar-refractivity contribution in [2.45, 2.75) is 0 Å². The predicted molar refractivity (Wildman–Crippen MR) is 113 cm³/mol.